The van der Waals surface area contributed by atoms with Gasteiger partial charge >= 0.3 is 0 Å². The fourth-order valence-electron chi connectivity index (χ4n) is 2.12. The summed E-state index contributed by atoms with van der Waals surface area (Å²) in [6.07, 6.45) is 6.68. The van der Waals surface area contributed by atoms with Crippen molar-refractivity contribution in [2.24, 2.45) is 0 Å². The molecule has 0 aliphatic heterocycles. The quantitative estimate of drug-likeness (QED) is 0.788. The van der Waals surface area contributed by atoms with Crippen LogP contribution in [-0.2, 0) is 11.2 Å². The highest BCUT2D eigenvalue weighted by atomic mass is 16.1. The Labute approximate surface area is 117 Å². The maximum absolute atomic E-state index is 11.9. The van der Waals surface area contributed by atoms with Crippen LogP contribution in [0.2, 0.25) is 0 Å². The Morgan fingerprint density at radius 2 is 2.00 bits per heavy atom. The van der Waals surface area contributed by atoms with Crippen molar-refractivity contribution in [3.05, 3.63) is 66.6 Å². The van der Waals surface area contributed by atoms with Crippen LogP contribution in [0.15, 0.2) is 61.1 Å². The monoisotopic (exact) mass is 265 g/mol. The third-order valence-corrected chi connectivity index (χ3v) is 3.16. The minimum Gasteiger partial charge on any atom is -0.325 e. The molecular weight excluding hydrogens is 250 g/mol. The van der Waals surface area contributed by atoms with Gasteiger partial charge in [-0.2, -0.15) is 0 Å². The first kappa shape index (κ1) is 12.4. The molecule has 0 radical (unpaired) electrons. The van der Waals surface area contributed by atoms with E-state index in [0.717, 1.165) is 17.8 Å². The highest BCUT2D eigenvalue weighted by Crippen LogP contribution is 2.11. The van der Waals surface area contributed by atoms with Gasteiger partial charge in [-0.25, -0.2) is 4.98 Å². The molecule has 100 valence electrons. The minimum atomic E-state index is 0.0216. The average molecular weight is 265 g/mol. The van der Waals surface area contributed by atoms with Crippen LogP contribution in [0.3, 0.4) is 0 Å². The number of fused-ring (bicyclic) bond motifs is 1. The van der Waals surface area contributed by atoms with E-state index in [1.807, 2.05) is 59.3 Å². The first-order valence-corrected chi connectivity index (χ1v) is 6.58. The topological polar surface area (TPSA) is 46.4 Å². The third kappa shape index (κ3) is 2.85. The Morgan fingerprint density at radius 1 is 1.15 bits per heavy atom. The average Bonchev–Trinajstić information content (AvgIpc) is 2.94. The molecule has 2 heterocycles. The Kier molecular flexibility index (Phi) is 3.46. The van der Waals surface area contributed by atoms with Gasteiger partial charge in [0, 0.05) is 25.0 Å². The number of imidazole rings is 1. The van der Waals surface area contributed by atoms with Crippen LogP contribution in [0, 0.1) is 0 Å². The number of amides is 1. The summed E-state index contributed by atoms with van der Waals surface area (Å²) in [6.45, 7) is 0. The summed E-state index contributed by atoms with van der Waals surface area (Å²) < 4.78 is 1.88. The molecule has 1 aromatic carbocycles. The lowest BCUT2D eigenvalue weighted by Gasteiger charge is -2.06. The fourth-order valence-corrected chi connectivity index (χ4v) is 2.12. The van der Waals surface area contributed by atoms with Gasteiger partial charge in [0.25, 0.3) is 0 Å². The highest BCUT2D eigenvalue weighted by Gasteiger charge is 2.04. The molecule has 0 unspecified atom stereocenters. The predicted molar refractivity (Wildman–Crippen MR) is 78.6 cm³/mol. The van der Waals surface area contributed by atoms with E-state index in [4.69, 9.17) is 0 Å². The summed E-state index contributed by atoms with van der Waals surface area (Å²) >= 11 is 0. The summed E-state index contributed by atoms with van der Waals surface area (Å²) in [4.78, 5) is 16.1. The van der Waals surface area contributed by atoms with Crippen molar-refractivity contribution < 1.29 is 4.79 Å². The van der Waals surface area contributed by atoms with Crippen LogP contribution in [0.4, 0.5) is 5.69 Å². The van der Waals surface area contributed by atoms with Crippen molar-refractivity contribution in [3.8, 4) is 0 Å². The van der Waals surface area contributed by atoms with E-state index in [1.165, 1.54) is 5.56 Å². The van der Waals surface area contributed by atoms with Crippen molar-refractivity contribution in [2.75, 3.05) is 5.32 Å². The van der Waals surface area contributed by atoms with Gasteiger partial charge in [0.05, 0.1) is 5.69 Å². The summed E-state index contributed by atoms with van der Waals surface area (Å²) in [7, 11) is 0. The molecule has 4 nitrogen and oxygen atoms in total. The van der Waals surface area contributed by atoms with E-state index in [9.17, 15) is 4.79 Å². The second-order valence-corrected chi connectivity index (χ2v) is 4.64. The lowest BCUT2D eigenvalue weighted by molar-refractivity contribution is -0.116. The van der Waals surface area contributed by atoms with E-state index in [2.05, 4.69) is 10.3 Å². The molecule has 20 heavy (non-hydrogen) atoms. The highest BCUT2D eigenvalue weighted by molar-refractivity contribution is 5.90. The molecule has 0 bridgehead atoms. The number of hydrogen-bond acceptors (Lipinski definition) is 2. The Bertz CT molecular complexity index is 719. The molecule has 3 rings (SSSR count). The molecule has 0 saturated heterocycles. The van der Waals surface area contributed by atoms with Crippen LogP contribution in [-0.4, -0.2) is 15.3 Å². The van der Waals surface area contributed by atoms with Gasteiger partial charge in [-0.15, -0.1) is 0 Å². The molecule has 1 N–H and O–H groups in total. The Morgan fingerprint density at radius 3 is 2.85 bits per heavy atom. The molecule has 1 amide bonds. The third-order valence-electron chi connectivity index (χ3n) is 3.16. The Hall–Kier alpha value is -2.62. The van der Waals surface area contributed by atoms with Crippen LogP contribution >= 0.6 is 0 Å². The standard InChI is InChI=1S/C16H15N3O/c20-16(9-6-13-4-2-1-3-5-13)18-14-7-8-15-17-10-11-19(15)12-14/h1-5,7-8,10-12H,6,9H2,(H,18,20). The molecule has 0 aliphatic carbocycles. The van der Waals surface area contributed by atoms with Gasteiger partial charge in [-0.05, 0) is 24.1 Å². The SMILES string of the molecule is O=C(CCc1ccccc1)Nc1ccc2nccn2c1. The first-order chi connectivity index (χ1) is 9.81. The van der Waals surface area contributed by atoms with E-state index in [0.29, 0.717) is 6.42 Å². The van der Waals surface area contributed by atoms with Gasteiger partial charge in [-0.3, -0.25) is 4.79 Å². The number of anilines is 1. The second kappa shape index (κ2) is 5.57. The van der Waals surface area contributed by atoms with Crippen LogP contribution in [0.5, 0.6) is 0 Å². The number of carbonyl (C=O) groups is 1. The number of hydrogen-bond donors (Lipinski definition) is 1. The molecule has 4 heteroatoms. The summed E-state index contributed by atoms with van der Waals surface area (Å²) in [6, 6.07) is 13.8. The molecule has 0 aliphatic rings. The van der Waals surface area contributed by atoms with Gasteiger partial charge in [0.1, 0.15) is 5.65 Å². The zero-order valence-electron chi connectivity index (χ0n) is 11.0. The number of aromatic nitrogens is 2. The van der Waals surface area contributed by atoms with Crippen LogP contribution in [0.25, 0.3) is 5.65 Å². The van der Waals surface area contributed by atoms with Crippen molar-refractivity contribution >= 4 is 17.2 Å². The molecular formula is C16H15N3O. The van der Waals surface area contributed by atoms with Crippen molar-refractivity contribution in [1.82, 2.24) is 9.38 Å². The lowest BCUT2D eigenvalue weighted by atomic mass is 10.1. The normalized spacial score (nSPS) is 10.6. The van der Waals surface area contributed by atoms with Crippen molar-refractivity contribution in [2.45, 2.75) is 12.8 Å². The number of nitrogens with one attached hydrogen (secondary N) is 1. The largest absolute Gasteiger partial charge is 0.325 e. The summed E-state index contributed by atoms with van der Waals surface area (Å²) in [5.74, 6) is 0.0216. The van der Waals surface area contributed by atoms with Gasteiger partial charge in [-0.1, -0.05) is 30.3 Å². The van der Waals surface area contributed by atoms with Gasteiger partial charge in [0.15, 0.2) is 0 Å². The van der Waals surface area contributed by atoms with E-state index < -0.39 is 0 Å². The molecule has 0 fully saturated rings. The second-order valence-electron chi connectivity index (χ2n) is 4.64. The minimum absolute atomic E-state index is 0.0216. The molecule has 0 saturated carbocycles. The smallest absolute Gasteiger partial charge is 0.224 e. The van der Waals surface area contributed by atoms with Gasteiger partial charge < -0.3 is 9.72 Å². The van der Waals surface area contributed by atoms with E-state index >= 15 is 0 Å². The number of nitrogens with zero attached hydrogens (tertiary/aromatic N) is 2. The van der Waals surface area contributed by atoms with Crippen molar-refractivity contribution in [1.29, 1.82) is 0 Å². The van der Waals surface area contributed by atoms with E-state index in [1.54, 1.807) is 6.20 Å². The molecule has 3 aromatic rings. The summed E-state index contributed by atoms with van der Waals surface area (Å²) in [5.41, 5.74) is 2.83. The molecule has 0 spiro atoms. The maximum Gasteiger partial charge on any atom is 0.224 e. The van der Waals surface area contributed by atoms with Crippen LogP contribution in [0.1, 0.15) is 12.0 Å². The number of benzene rings is 1. The number of aryl methyl sites for hydroxylation is 1. The number of carbonyl (C=O) groups excluding carboxylic acids is 1. The van der Waals surface area contributed by atoms with Crippen LogP contribution < -0.4 is 5.32 Å². The number of pyridine rings is 1. The van der Waals surface area contributed by atoms with Crippen molar-refractivity contribution in [3.63, 3.8) is 0 Å². The lowest BCUT2D eigenvalue weighted by Crippen LogP contribution is -2.12. The first-order valence-electron chi connectivity index (χ1n) is 6.58. The number of rotatable bonds is 4. The predicted octanol–water partition coefficient (Wildman–Crippen LogP) is 2.91. The maximum atomic E-state index is 11.9. The Balaban J connectivity index is 1.61. The fraction of sp³-hybridized carbons (Fsp3) is 0.125. The van der Waals surface area contributed by atoms with E-state index in [-0.39, 0.29) is 5.91 Å². The molecule has 2 aromatic heterocycles. The molecule has 0 atom stereocenters. The van der Waals surface area contributed by atoms with Gasteiger partial charge in [0.2, 0.25) is 5.91 Å². The zero-order valence-corrected chi connectivity index (χ0v) is 11.0. The summed E-state index contributed by atoms with van der Waals surface area (Å²) in [5, 5.41) is 2.91. The zero-order chi connectivity index (χ0) is 13.8.